The molecule has 0 spiro atoms. The number of rotatable bonds is 4. The van der Waals surface area contributed by atoms with E-state index >= 15 is 0 Å². The molecule has 0 heterocycles. The summed E-state index contributed by atoms with van der Waals surface area (Å²) in [6.45, 7) is 2.06. The summed E-state index contributed by atoms with van der Waals surface area (Å²) in [5, 5.41) is 0. The number of hydrogen-bond acceptors (Lipinski definition) is 4. The van der Waals surface area contributed by atoms with Crippen LogP contribution in [0.3, 0.4) is 0 Å². The molecule has 0 aliphatic rings. The minimum atomic E-state index is 0.181. The third-order valence-corrected chi connectivity index (χ3v) is 1.95. The van der Waals surface area contributed by atoms with Crippen LogP contribution in [0.15, 0.2) is 12.1 Å². The van der Waals surface area contributed by atoms with E-state index in [1.54, 1.807) is 26.4 Å². The van der Waals surface area contributed by atoms with Gasteiger partial charge in [-0.3, -0.25) is 0 Å². The molecule has 14 heavy (non-hydrogen) atoms. The maximum absolute atomic E-state index is 5.74. The van der Waals surface area contributed by atoms with Gasteiger partial charge in [0.05, 0.1) is 7.11 Å². The minimum absolute atomic E-state index is 0.181. The summed E-state index contributed by atoms with van der Waals surface area (Å²) in [6.07, 6.45) is 0. The Labute approximate surface area is 83.6 Å². The van der Waals surface area contributed by atoms with Crippen molar-refractivity contribution >= 4 is 5.69 Å². The molecule has 4 nitrogen and oxygen atoms in total. The Morgan fingerprint density at radius 2 is 2.00 bits per heavy atom. The lowest BCUT2D eigenvalue weighted by Gasteiger charge is -2.13. The highest BCUT2D eigenvalue weighted by atomic mass is 16.7. The van der Waals surface area contributed by atoms with Gasteiger partial charge in [-0.15, -0.1) is 0 Å². The molecule has 0 unspecified atom stereocenters. The summed E-state index contributed by atoms with van der Waals surface area (Å²) in [5.41, 5.74) is 7.28. The smallest absolute Gasteiger partial charge is 0.188 e. The maximum atomic E-state index is 5.74. The van der Waals surface area contributed by atoms with E-state index in [1.807, 2.05) is 6.92 Å². The van der Waals surface area contributed by atoms with Crippen LogP contribution in [0.4, 0.5) is 5.69 Å². The molecule has 0 aromatic heterocycles. The molecule has 1 aromatic rings. The number of nitrogen functional groups attached to an aromatic ring is 1. The van der Waals surface area contributed by atoms with Crippen LogP contribution in [0.2, 0.25) is 0 Å². The van der Waals surface area contributed by atoms with Crippen LogP contribution >= 0.6 is 0 Å². The summed E-state index contributed by atoms with van der Waals surface area (Å²) < 4.78 is 15.3. The van der Waals surface area contributed by atoms with E-state index in [9.17, 15) is 0 Å². The van der Waals surface area contributed by atoms with Gasteiger partial charge in [-0.2, -0.15) is 0 Å². The molecule has 0 aliphatic carbocycles. The molecule has 0 radical (unpaired) electrons. The van der Waals surface area contributed by atoms with Gasteiger partial charge in [0.25, 0.3) is 0 Å². The van der Waals surface area contributed by atoms with Gasteiger partial charge in [0.15, 0.2) is 18.3 Å². The van der Waals surface area contributed by atoms with Crippen molar-refractivity contribution in [2.24, 2.45) is 0 Å². The SMILES string of the molecule is COCOc1c(OC)ccc(N)c1C. The molecule has 1 aromatic carbocycles. The summed E-state index contributed by atoms with van der Waals surface area (Å²) in [5.74, 6) is 1.29. The Balaban J connectivity index is 3.01. The maximum Gasteiger partial charge on any atom is 0.188 e. The van der Waals surface area contributed by atoms with Gasteiger partial charge in [0.1, 0.15) is 0 Å². The molecule has 1 rings (SSSR count). The highest BCUT2D eigenvalue weighted by Crippen LogP contribution is 2.34. The van der Waals surface area contributed by atoms with Crippen LogP contribution in [0.25, 0.3) is 0 Å². The van der Waals surface area contributed by atoms with E-state index in [0.717, 1.165) is 5.56 Å². The van der Waals surface area contributed by atoms with E-state index in [1.165, 1.54) is 0 Å². The molecular weight excluding hydrogens is 182 g/mol. The van der Waals surface area contributed by atoms with Crippen molar-refractivity contribution in [3.8, 4) is 11.5 Å². The van der Waals surface area contributed by atoms with E-state index in [0.29, 0.717) is 17.2 Å². The van der Waals surface area contributed by atoms with Crippen LogP contribution in [-0.4, -0.2) is 21.0 Å². The van der Waals surface area contributed by atoms with Crippen molar-refractivity contribution in [2.75, 3.05) is 26.7 Å². The second-order valence-electron chi connectivity index (χ2n) is 2.86. The van der Waals surface area contributed by atoms with Crippen LogP contribution < -0.4 is 15.2 Å². The fourth-order valence-corrected chi connectivity index (χ4v) is 1.14. The third-order valence-electron chi connectivity index (χ3n) is 1.95. The molecule has 2 N–H and O–H groups in total. The molecule has 0 atom stereocenters. The number of anilines is 1. The molecule has 0 amide bonds. The van der Waals surface area contributed by atoms with E-state index in [4.69, 9.17) is 19.9 Å². The van der Waals surface area contributed by atoms with Gasteiger partial charge in [-0.1, -0.05) is 0 Å². The van der Waals surface area contributed by atoms with Crippen LogP contribution in [0.5, 0.6) is 11.5 Å². The molecule has 0 bridgehead atoms. The largest absolute Gasteiger partial charge is 0.493 e. The first-order chi connectivity index (χ1) is 6.70. The number of methoxy groups -OCH3 is 2. The molecule has 0 saturated carbocycles. The Morgan fingerprint density at radius 3 is 2.57 bits per heavy atom. The summed E-state index contributed by atoms with van der Waals surface area (Å²) in [4.78, 5) is 0. The number of hydrogen-bond donors (Lipinski definition) is 1. The Hall–Kier alpha value is -1.42. The Kier molecular flexibility index (Phi) is 3.59. The second kappa shape index (κ2) is 4.72. The van der Waals surface area contributed by atoms with E-state index in [2.05, 4.69) is 0 Å². The Morgan fingerprint density at radius 1 is 1.29 bits per heavy atom. The highest BCUT2D eigenvalue weighted by Gasteiger charge is 2.09. The number of nitrogens with two attached hydrogens (primary N) is 1. The Bertz CT molecular complexity index is 312. The van der Waals surface area contributed by atoms with Crippen LogP contribution in [0.1, 0.15) is 5.56 Å². The topological polar surface area (TPSA) is 53.7 Å². The van der Waals surface area contributed by atoms with Crippen molar-refractivity contribution < 1.29 is 14.2 Å². The number of ether oxygens (including phenoxy) is 3. The van der Waals surface area contributed by atoms with Gasteiger partial charge < -0.3 is 19.9 Å². The first-order valence-corrected chi connectivity index (χ1v) is 4.25. The van der Waals surface area contributed by atoms with Crippen molar-refractivity contribution in [3.05, 3.63) is 17.7 Å². The molecule has 0 saturated heterocycles. The fraction of sp³-hybridized carbons (Fsp3) is 0.400. The van der Waals surface area contributed by atoms with Crippen LogP contribution in [-0.2, 0) is 4.74 Å². The predicted molar refractivity (Wildman–Crippen MR) is 54.6 cm³/mol. The predicted octanol–water partition coefficient (Wildman–Crippen LogP) is 1.57. The zero-order chi connectivity index (χ0) is 10.6. The van der Waals surface area contributed by atoms with Gasteiger partial charge in [0.2, 0.25) is 0 Å². The quantitative estimate of drug-likeness (QED) is 0.588. The molecule has 0 fully saturated rings. The molecule has 4 heteroatoms. The molecule has 0 aliphatic heterocycles. The molecule has 78 valence electrons. The number of benzene rings is 1. The average Bonchev–Trinajstić information content (AvgIpc) is 2.20. The lowest BCUT2D eigenvalue weighted by atomic mass is 10.1. The zero-order valence-corrected chi connectivity index (χ0v) is 8.66. The van der Waals surface area contributed by atoms with E-state index in [-0.39, 0.29) is 6.79 Å². The van der Waals surface area contributed by atoms with Gasteiger partial charge >= 0.3 is 0 Å². The summed E-state index contributed by atoms with van der Waals surface area (Å²) >= 11 is 0. The van der Waals surface area contributed by atoms with Crippen molar-refractivity contribution in [1.82, 2.24) is 0 Å². The average molecular weight is 197 g/mol. The monoisotopic (exact) mass is 197 g/mol. The normalized spacial score (nSPS) is 9.93. The third kappa shape index (κ3) is 2.09. The van der Waals surface area contributed by atoms with Crippen molar-refractivity contribution in [1.29, 1.82) is 0 Å². The first kappa shape index (κ1) is 10.7. The summed E-state index contributed by atoms with van der Waals surface area (Å²) in [7, 11) is 3.15. The lowest BCUT2D eigenvalue weighted by molar-refractivity contribution is 0.0487. The first-order valence-electron chi connectivity index (χ1n) is 4.25. The lowest BCUT2D eigenvalue weighted by Crippen LogP contribution is -2.03. The highest BCUT2D eigenvalue weighted by molar-refractivity contribution is 5.59. The molecular formula is C10H15NO3. The fourth-order valence-electron chi connectivity index (χ4n) is 1.14. The standard InChI is InChI=1S/C10H15NO3/c1-7-8(11)4-5-9(13-3)10(7)14-6-12-2/h4-5H,6,11H2,1-3H3. The summed E-state index contributed by atoms with van der Waals surface area (Å²) in [6, 6.07) is 3.56. The van der Waals surface area contributed by atoms with Gasteiger partial charge in [-0.05, 0) is 19.1 Å². The second-order valence-corrected chi connectivity index (χ2v) is 2.86. The zero-order valence-electron chi connectivity index (χ0n) is 8.66. The van der Waals surface area contributed by atoms with Crippen molar-refractivity contribution in [3.63, 3.8) is 0 Å². The van der Waals surface area contributed by atoms with Crippen molar-refractivity contribution in [2.45, 2.75) is 6.92 Å². The van der Waals surface area contributed by atoms with Gasteiger partial charge in [-0.25, -0.2) is 0 Å². The minimum Gasteiger partial charge on any atom is -0.493 e. The van der Waals surface area contributed by atoms with Crippen LogP contribution in [0, 0.1) is 6.92 Å². The van der Waals surface area contributed by atoms with E-state index < -0.39 is 0 Å². The van der Waals surface area contributed by atoms with Gasteiger partial charge in [0, 0.05) is 18.4 Å².